The molecule has 1 fully saturated rings. The highest BCUT2D eigenvalue weighted by Crippen LogP contribution is 2.40. The van der Waals surface area contributed by atoms with Gasteiger partial charge in [-0.2, -0.15) is 0 Å². The lowest BCUT2D eigenvalue weighted by Gasteiger charge is -2.25. The fraction of sp³-hybridized carbons (Fsp3) is 0.125. The van der Waals surface area contributed by atoms with E-state index in [4.69, 9.17) is 4.74 Å². The maximum absolute atomic E-state index is 13.0. The van der Waals surface area contributed by atoms with Gasteiger partial charge in [0.25, 0.3) is 11.7 Å². The topological polar surface area (TPSA) is 100.0 Å². The Bertz CT molecular complexity index is 1160. The number of aliphatic hydroxyl groups is 1. The minimum absolute atomic E-state index is 0.0205. The predicted octanol–water partition coefficient (Wildman–Crippen LogP) is 3.42. The summed E-state index contributed by atoms with van der Waals surface area (Å²) in [7, 11) is 1.50. The molecule has 2 heterocycles. The van der Waals surface area contributed by atoms with Gasteiger partial charge in [0.1, 0.15) is 17.3 Å². The first kappa shape index (κ1) is 20.2. The van der Waals surface area contributed by atoms with Crippen LogP contribution in [0.2, 0.25) is 0 Å². The van der Waals surface area contributed by atoms with Gasteiger partial charge in [0.05, 0.1) is 18.7 Å². The molecule has 7 heteroatoms. The average molecular weight is 416 g/mol. The molecule has 0 bridgehead atoms. The van der Waals surface area contributed by atoms with Gasteiger partial charge in [-0.25, -0.2) is 0 Å². The normalized spacial score (nSPS) is 17.7. The lowest BCUT2D eigenvalue weighted by atomic mass is 9.95. The van der Waals surface area contributed by atoms with E-state index in [1.54, 1.807) is 54.9 Å². The minimum Gasteiger partial charge on any atom is -0.508 e. The van der Waals surface area contributed by atoms with Crippen molar-refractivity contribution in [2.24, 2.45) is 0 Å². The largest absolute Gasteiger partial charge is 0.508 e. The SMILES string of the molecule is COc1cccc(/C(O)=C2/C(=O)C(=O)N(Cc3cccnc3)C2c2ccc(O)cc2)c1. The molecule has 156 valence electrons. The maximum Gasteiger partial charge on any atom is 0.295 e. The Morgan fingerprint density at radius 2 is 1.87 bits per heavy atom. The third-order valence-corrected chi connectivity index (χ3v) is 5.17. The number of phenolic OH excluding ortho intramolecular Hbond substituents is 1. The summed E-state index contributed by atoms with van der Waals surface area (Å²) in [5.41, 5.74) is 1.68. The van der Waals surface area contributed by atoms with Crippen molar-refractivity contribution >= 4 is 17.4 Å². The van der Waals surface area contributed by atoms with Crippen LogP contribution < -0.4 is 4.74 Å². The number of aromatic hydroxyl groups is 1. The molecular formula is C24H20N2O5. The zero-order valence-electron chi connectivity index (χ0n) is 16.7. The number of ketones is 1. The summed E-state index contributed by atoms with van der Waals surface area (Å²) in [6.07, 6.45) is 3.24. The molecule has 0 spiro atoms. The highest BCUT2D eigenvalue weighted by Gasteiger charge is 2.46. The number of benzene rings is 2. The summed E-state index contributed by atoms with van der Waals surface area (Å²) < 4.78 is 5.21. The van der Waals surface area contributed by atoms with Gasteiger partial charge >= 0.3 is 0 Å². The van der Waals surface area contributed by atoms with Crippen LogP contribution in [0, 0.1) is 0 Å². The van der Waals surface area contributed by atoms with Gasteiger partial charge in [-0.05, 0) is 41.5 Å². The molecule has 1 amide bonds. The molecule has 1 aliphatic heterocycles. The van der Waals surface area contributed by atoms with Crippen LogP contribution in [-0.2, 0) is 16.1 Å². The zero-order chi connectivity index (χ0) is 22.0. The Morgan fingerprint density at radius 3 is 2.55 bits per heavy atom. The minimum atomic E-state index is -0.827. The molecule has 2 N–H and O–H groups in total. The summed E-state index contributed by atoms with van der Waals surface area (Å²) in [6.45, 7) is 0.138. The van der Waals surface area contributed by atoms with Crippen LogP contribution in [-0.4, -0.2) is 38.9 Å². The number of methoxy groups -OCH3 is 1. The zero-order valence-corrected chi connectivity index (χ0v) is 16.7. The molecule has 0 saturated carbocycles. The van der Waals surface area contributed by atoms with E-state index >= 15 is 0 Å². The molecule has 1 aromatic heterocycles. The quantitative estimate of drug-likeness (QED) is 0.376. The Kier molecular flexibility index (Phi) is 5.41. The van der Waals surface area contributed by atoms with Crippen LogP contribution in [0.1, 0.15) is 22.7 Å². The van der Waals surface area contributed by atoms with E-state index in [-0.39, 0.29) is 23.6 Å². The van der Waals surface area contributed by atoms with Crippen molar-refractivity contribution in [3.8, 4) is 11.5 Å². The van der Waals surface area contributed by atoms with Gasteiger partial charge in [0.15, 0.2) is 0 Å². The van der Waals surface area contributed by atoms with Gasteiger partial charge < -0.3 is 19.8 Å². The number of Topliss-reactive ketones (excluding diaryl/α,β-unsaturated/α-hetero) is 1. The van der Waals surface area contributed by atoms with Crippen molar-refractivity contribution in [3.63, 3.8) is 0 Å². The number of rotatable bonds is 5. The molecule has 1 aliphatic rings. The summed E-state index contributed by atoms with van der Waals surface area (Å²) in [4.78, 5) is 31.5. The third-order valence-electron chi connectivity index (χ3n) is 5.17. The number of hydrogen-bond donors (Lipinski definition) is 2. The van der Waals surface area contributed by atoms with Gasteiger partial charge in [-0.1, -0.05) is 30.3 Å². The van der Waals surface area contributed by atoms with Crippen molar-refractivity contribution in [2.45, 2.75) is 12.6 Å². The van der Waals surface area contributed by atoms with Gasteiger partial charge in [0, 0.05) is 24.5 Å². The van der Waals surface area contributed by atoms with E-state index in [9.17, 15) is 19.8 Å². The van der Waals surface area contributed by atoms with E-state index in [0.29, 0.717) is 16.9 Å². The van der Waals surface area contributed by atoms with Crippen molar-refractivity contribution in [1.82, 2.24) is 9.88 Å². The Hall–Kier alpha value is -4.13. The number of aromatic nitrogens is 1. The average Bonchev–Trinajstić information content (AvgIpc) is 3.05. The second-order valence-electron chi connectivity index (χ2n) is 7.11. The van der Waals surface area contributed by atoms with Gasteiger partial charge in [-0.3, -0.25) is 14.6 Å². The molecule has 1 atom stereocenters. The second kappa shape index (κ2) is 8.31. The van der Waals surface area contributed by atoms with E-state index < -0.39 is 17.7 Å². The Labute approximate surface area is 178 Å². The lowest BCUT2D eigenvalue weighted by molar-refractivity contribution is -0.140. The monoisotopic (exact) mass is 416 g/mol. The molecule has 3 aromatic rings. The first-order valence-electron chi connectivity index (χ1n) is 9.60. The number of carbonyl (C=O) groups excluding carboxylic acids is 2. The molecule has 31 heavy (non-hydrogen) atoms. The smallest absolute Gasteiger partial charge is 0.295 e. The summed E-state index contributed by atoms with van der Waals surface area (Å²) in [5, 5.41) is 20.7. The number of pyridine rings is 1. The Balaban J connectivity index is 1.86. The second-order valence-corrected chi connectivity index (χ2v) is 7.11. The number of ether oxygens (including phenoxy) is 1. The van der Waals surface area contributed by atoms with Crippen molar-refractivity contribution in [1.29, 1.82) is 0 Å². The van der Waals surface area contributed by atoms with Gasteiger partial charge in [-0.15, -0.1) is 0 Å². The molecule has 1 unspecified atom stereocenters. The summed E-state index contributed by atoms with van der Waals surface area (Å²) in [6, 6.07) is 15.6. The van der Waals surface area contributed by atoms with Crippen molar-refractivity contribution < 1.29 is 24.5 Å². The summed E-state index contributed by atoms with van der Waals surface area (Å²) >= 11 is 0. The first-order chi connectivity index (χ1) is 15.0. The molecule has 0 radical (unpaired) electrons. The first-order valence-corrected chi connectivity index (χ1v) is 9.60. The van der Waals surface area contributed by atoms with Crippen molar-refractivity contribution in [2.75, 3.05) is 7.11 Å². The number of aliphatic hydroxyl groups excluding tert-OH is 1. The third kappa shape index (κ3) is 3.85. The fourth-order valence-corrected chi connectivity index (χ4v) is 3.66. The lowest BCUT2D eigenvalue weighted by Crippen LogP contribution is -2.29. The molecule has 0 aliphatic carbocycles. The van der Waals surface area contributed by atoms with Gasteiger partial charge in [0.2, 0.25) is 0 Å². The number of amides is 1. The Morgan fingerprint density at radius 1 is 1.10 bits per heavy atom. The fourth-order valence-electron chi connectivity index (χ4n) is 3.66. The van der Waals surface area contributed by atoms with E-state index in [1.807, 2.05) is 6.07 Å². The van der Waals surface area contributed by atoms with Crippen LogP contribution in [0.4, 0.5) is 0 Å². The molecule has 4 rings (SSSR count). The molecular weight excluding hydrogens is 396 g/mol. The highest BCUT2D eigenvalue weighted by molar-refractivity contribution is 6.46. The standard InChI is InChI=1S/C24H20N2O5/c1-31-19-6-2-5-17(12-19)22(28)20-21(16-7-9-18(27)10-8-16)26(24(30)23(20)29)14-15-4-3-11-25-13-15/h2-13,21,27-28H,14H2,1H3/b22-20-. The van der Waals surface area contributed by atoms with Crippen LogP contribution in [0.15, 0.2) is 78.6 Å². The van der Waals surface area contributed by atoms with E-state index in [0.717, 1.165) is 5.56 Å². The number of phenols is 1. The van der Waals surface area contributed by atoms with Crippen LogP contribution in [0.5, 0.6) is 11.5 Å². The van der Waals surface area contributed by atoms with Crippen LogP contribution >= 0.6 is 0 Å². The number of nitrogens with zero attached hydrogens (tertiary/aromatic N) is 2. The molecule has 1 saturated heterocycles. The predicted molar refractivity (Wildman–Crippen MR) is 113 cm³/mol. The summed E-state index contributed by atoms with van der Waals surface area (Å²) in [5.74, 6) is -1.21. The van der Waals surface area contributed by atoms with Crippen LogP contribution in [0.25, 0.3) is 5.76 Å². The maximum atomic E-state index is 13.0. The van der Waals surface area contributed by atoms with Crippen molar-refractivity contribution in [3.05, 3.63) is 95.3 Å². The number of likely N-dealkylation sites (tertiary alicyclic amines) is 1. The van der Waals surface area contributed by atoms with Crippen LogP contribution in [0.3, 0.4) is 0 Å². The number of carbonyl (C=O) groups is 2. The molecule has 7 nitrogen and oxygen atoms in total. The van der Waals surface area contributed by atoms with E-state index in [2.05, 4.69) is 4.98 Å². The van der Waals surface area contributed by atoms with E-state index in [1.165, 1.54) is 24.1 Å². The molecule has 2 aromatic carbocycles. The number of hydrogen-bond acceptors (Lipinski definition) is 6. The highest BCUT2D eigenvalue weighted by atomic mass is 16.5.